The predicted octanol–water partition coefficient (Wildman–Crippen LogP) is 4.46. The highest BCUT2D eigenvalue weighted by Crippen LogP contribution is 2.31. The van der Waals surface area contributed by atoms with Crippen LogP contribution < -0.4 is 11.1 Å². The summed E-state index contributed by atoms with van der Waals surface area (Å²) in [6.45, 7) is 10.7. The predicted molar refractivity (Wildman–Crippen MR) is 125 cm³/mol. The Kier molecular flexibility index (Phi) is 5.76. The SMILES string of the molecule is C=C(Nc1ccc(SN2CCN(C)CC2)cc1N)c1cc2ncccc2cc1C. The largest absolute Gasteiger partial charge is 0.397 e. The summed E-state index contributed by atoms with van der Waals surface area (Å²) >= 11 is 1.78. The Labute approximate surface area is 176 Å². The summed E-state index contributed by atoms with van der Waals surface area (Å²) < 4.78 is 2.40. The Balaban J connectivity index is 1.48. The molecule has 4 rings (SSSR count). The third-order valence-electron chi connectivity index (χ3n) is 5.28. The van der Waals surface area contributed by atoms with Crippen LogP contribution in [0.3, 0.4) is 0 Å². The van der Waals surface area contributed by atoms with Gasteiger partial charge in [0.15, 0.2) is 0 Å². The van der Waals surface area contributed by atoms with E-state index in [1.54, 1.807) is 11.9 Å². The minimum Gasteiger partial charge on any atom is -0.397 e. The molecule has 1 aliphatic heterocycles. The molecule has 0 atom stereocenters. The molecule has 3 aromatic rings. The number of hydrogen-bond donors (Lipinski definition) is 2. The Morgan fingerprint density at radius 3 is 2.69 bits per heavy atom. The Hall–Kier alpha value is -2.54. The van der Waals surface area contributed by atoms with E-state index in [1.165, 1.54) is 0 Å². The molecule has 0 radical (unpaired) electrons. The third-order valence-corrected chi connectivity index (χ3v) is 6.37. The van der Waals surface area contributed by atoms with Gasteiger partial charge in [-0.05, 0) is 67.9 Å². The number of aryl methyl sites for hydroxylation is 1. The van der Waals surface area contributed by atoms with E-state index in [-0.39, 0.29) is 0 Å². The van der Waals surface area contributed by atoms with Gasteiger partial charge in [0.05, 0.1) is 16.9 Å². The molecule has 0 aliphatic carbocycles. The van der Waals surface area contributed by atoms with Gasteiger partial charge in [-0.1, -0.05) is 12.6 Å². The van der Waals surface area contributed by atoms with Gasteiger partial charge in [-0.15, -0.1) is 0 Å². The van der Waals surface area contributed by atoms with Crippen molar-refractivity contribution in [1.29, 1.82) is 0 Å². The number of piperazine rings is 1. The molecular formula is C23H27N5S. The van der Waals surface area contributed by atoms with Crippen LogP contribution in [0.4, 0.5) is 11.4 Å². The zero-order chi connectivity index (χ0) is 20.4. The Morgan fingerprint density at radius 2 is 1.93 bits per heavy atom. The van der Waals surface area contributed by atoms with E-state index in [1.807, 2.05) is 24.4 Å². The van der Waals surface area contributed by atoms with Gasteiger partial charge in [-0.25, -0.2) is 4.31 Å². The quantitative estimate of drug-likeness (QED) is 0.483. The number of nitrogens with two attached hydrogens (primary N) is 1. The van der Waals surface area contributed by atoms with Crippen molar-refractivity contribution in [1.82, 2.24) is 14.2 Å². The molecule has 0 amide bonds. The van der Waals surface area contributed by atoms with E-state index in [0.29, 0.717) is 0 Å². The van der Waals surface area contributed by atoms with Crippen LogP contribution in [0.1, 0.15) is 11.1 Å². The number of rotatable bonds is 5. The smallest absolute Gasteiger partial charge is 0.0708 e. The van der Waals surface area contributed by atoms with E-state index < -0.39 is 0 Å². The first-order valence-corrected chi connectivity index (χ1v) is 10.6. The van der Waals surface area contributed by atoms with E-state index in [9.17, 15) is 0 Å². The highest BCUT2D eigenvalue weighted by Gasteiger charge is 2.15. The highest BCUT2D eigenvalue weighted by molar-refractivity contribution is 7.97. The first-order chi connectivity index (χ1) is 14.0. The maximum absolute atomic E-state index is 6.35. The fourth-order valence-corrected chi connectivity index (χ4v) is 4.48. The molecule has 1 fully saturated rings. The molecule has 0 unspecified atom stereocenters. The van der Waals surface area contributed by atoms with Crippen LogP contribution in [0.15, 0.2) is 60.1 Å². The number of likely N-dealkylation sites (N-methyl/N-ethyl adjacent to an activating group) is 1. The van der Waals surface area contributed by atoms with Gasteiger partial charge in [0.1, 0.15) is 0 Å². The molecule has 0 spiro atoms. The summed E-state index contributed by atoms with van der Waals surface area (Å²) in [5.74, 6) is 0. The van der Waals surface area contributed by atoms with E-state index in [0.717, 1.165) is 70.2 Å². The summed E-state index contributed by atoms with van der Waals surface area (Å²) in [4.78, 5) is 7.97. The molecule has 2 aromatic carbocycles. The molecule has 6 heteroatoms. The number of anilines is 2. The lowest BCUT2D eigenvalue weighted by atomic mass is 10.0. The third kappa shape index (κ3) is 4.56. The summed E-state index contributed by atoms with van der Waals surface area (Å²) in [5.41, 5.74) is 11.9. The minimum atomic E-state index is 0.724. The standard InChI is InChI=1S/C23H27N5S/c1-16-13-18-5-4-8-25-23(18)15-20(16)17(2)26-22-7-6-19(14-21(22)24)29-28-11-9-27(3)10-12-28/h4-8,13-15,26H,2,9-12,24H2,1,3H3. The molecule has 0 saturated carbocycles. The van der Waals surface area contributed by atoms with Crippen LogP contribution in [0.2, 0.25) is 0 Å². The fraction of sp³-hybridized carbons (Fsp3) is 0.261. The summed E-state index contributed by atoms with van der Waals surface area (Å²) in [6, 6.07) is 14.4. The number of hydrogen-bond acceptors (Lipinski definition) is 6. The average molecular weight is 406 g/mol. The van der Waals surface area contributed by atoms with Gasteiger partial charge in [-0.3, -0.25) is 4.98 Å². The average Bonchev–Trinajstić information content (AvgIpc) is 2.71. The van der Waals surface area contributed by atoms with E-state index >= 15 is 0 Å². The van der Waals surface area contributed by atoms with Gasteiger partial charge in [-0.2, -0.15) is 0 Å². The van der Waals surface area contributed by atoms with Crippen molar-refractivity contribution in [3.8, 4) is 0 Å². The van der Waals surface area contributed by atoms with Gasteiger partial charge in [0.2, 0.25) is 0 Å². The molecule has 1 saturated heterocycles. The maximum atomic E-state index is 6.35. The van der Waals surface area contributed by atoms with Gasteiger partial charge in [0, 0.05) is 53.9 Å². The second-order valence-corrected chi connectivity index (χ2v) is 8.71. The fourth-order valence-electron chi connectivity index (χ4n) is 3.53. The highest BCUT2D eigenvalue weighted by atomic mass is 32.2. The summed E-state index contributed by atoms with van der Waals surface area (Å²) in [5, 5.41) is 4.52. The first kappa shape index (κ1) is 19.8. The number of pyridine rings is 1. The summed E-state index contributed by atoms with van der Waals surface area (Å²) in [7, 11) is 2.17. The van der Waals surface area contributed by atoms with Gasteiger partial charge in [0.25, 0.3) is 0 Å². The lowest BCUT2D eigenvalue weighted by molar-refractivity contribution is 0.233. The monoisotopic (exact) mass is 405 g/mol. The molecule has 0 bridgehead atoms. The maximum Gasteiger partial charge on any atom is 0.0708 e. The van der Waals surface area contributed by atoms with Crippen molar-refractivity contribution in [2.45, 2.75) is 11.8 Å². The van der Waals surface area contributed by atoms with Crippen molar-refractivity contribution >= 4 is 39.9 Å². The number of nitrogens with one attached hydrogen (secondary N) is 1. The van der Waals surface area contributed by atoms with Crippen LogP contribution in [0, 0.1) is 6.92 Å². The zero-order valence-corrected chi connectivity index (χ0v) is 17.8. The van der Waals surface area contributed by atoms with Crippen molar-refractivity contribution in [2.75, 3.05) is 44.3 Å². The van der Waals surface area contributed by atoms with Gasteiger partial charge < -0.3 is 16.0 Å². The zero-order valence-electron chi connectivity index (χ0n) is 17.0. The van der Waals surface area contributed by atoms with Crippen molar-refractivity contribution in [2.24, 2.45) is 0 Å². The summed E-state index contributed by atoms with van der Waals surface area (Å²) in [6.07, 6.45) is 1.81. The molecule has 1 aliphatic rings. The van der Waals surface area contributed by atoms with Crippen LogP contribution in [-0.2, 0) is 0 Å². The lowest BCUT2D eigenvalue weighted by Gasteiger charge is -2.31. The van der Waals surface area contributed by atoms with Crippen molar-refractivity contribution in [3.05, 3.63) is 66.4 Å². The number of nitrogen functional groups attached to an aromatic ring is 1. The molecule has 150 valence electrons. The van der Waals surface area contributed by atoms with Gasteiger partial charge >= 0.3 is 0 Å². The van der Waals surface area contributed by atoms with E-state index in [4.69, 9.17) is 5.73 Å². The number of aromatic nitrogens is 1. The molecular weight excluding hydrogens is 378 g/mol. The van der Waals surface area contributed by atoms with Crippen LogP contribution in [0.25, 0.3) is 16.6 Å². The molecule has 2 heterocycles. The molecule has 1 aromatic heterocycles. The minimum absolute atomic E-state index is 0.724. The topological polar surface area (TPSA) is 57.4 Å². The molecule has 5 nitrogen and oxygen atoms in total. The number of nitrogens with zero attached hydrogens (tertiary/aromatic N) is 3. The van der Waals surface area contributed by atoms with E-state index in [2.05, 4.69) is 64.3 Å². The number of benzene rings is 2. The molecule has 29 heavy (non-hydrogen) atoms. The van der Waals surface area contributed by atoms with Crippen molar-refractivity contribution < 1.29 is 0 Å². The Bertz CT molecular complexity index is 1040. The second kappa shape index (κ2) is 8.45. The number of fused-ring (bicyclic) bond motifs is 1. The van der Waals surface area contributed by atoms with Crippen LogP contribution in [0.5, 0.6) is 0 Å². The lowest BCUT2D eigenvalue weighted by Crippen LogP contribution is -2.40. The normalized spacial score (nSPS) is 15.5. The Morgan fingerprint density at radius 1 is 1.14 bits per heavy atom. The van der Waals surface area contributed by atoms with Crippen LogP contribution >= 0.6 is 11.9 Å². The second-order valence-electron chi connectivity index (χ2n) is 7.54. The first-order valence-electron chi connectivity index (χ1n) is 9.82. The molecule has 3 N–H and O–H groups in total. The van der Waals surface area contributed by atoms with Crippen molar-refractivity contribution in [3.63, 3.8) is 0 Å². The van der Waals surface area contributed by atoms with Crippen LogP contribution in [-0.4, -0.2) is 47.4 Å².